The van der Waals surface area contributed by atoms with Crippen LogP contribution in [0.4, 0.5) is 4.39 Å². The molecule has 0 saturated carbocycles. The molecule has 0 aromatic heterocycles. The van der Waals surface area contributed by atoms with Crippen LogP contribution in [0.3, 0.4) is 0 Å². The summed E-state index contributed by atoms with van der Waals surface area (Å²) in [5.41, 5.74) is 1.42. The van der Waals surface area contributed by atoms with Crippen molar-refractivity contribution >= 4 is 11.8 Å². The zero-order valence-corrected chi connectivity index (χ0v) is 12.9. The maximum atomic E-state index is 13.4. The lowest BCUT2D eigenvalue weighted by Gasteiger charge is -2.14. The van der Waals surface area contributed by atoms with Crippen molar-refractivity contribution in [1.29, 1.82) is 0 Å². The number of carbonyl (C=O) groups excluding carboxylic acids is 2. The highest BCUT2D eigenvalue weighted by Crippen LogP contribution is 2.10. The van der Waals surface area contributed by atoms with Crippen molar-refractivity contribution in [1.82, 2.24) is 10.6 Å². The van der Waals surface area contributed by atoms with Crippen LogP contribution in [0.1, 0.15) is 24.1 Å². The minimum Gasteiger partial charge on any atom is -0.348 e. The highest BCUT2D eigenvalue weighted by Gasteiger charge is 2.16. The van der Waals surface area contributed by atoms with E-state index in [1.165, 1.54) is 6.07 Å². The fraction of sp³-hybridized carbons (Fsp3) is 0.222. The molecule has 0 heterocycles. The zero-order valence-electron chi connectivity index (χ0n) is 12.9. The third-order valence-corrected chi connectivity index (χ3v) is 3.49. The van der Waals surface area contributed by atoms with Crippen molar-refractivity contribution in [3.8, 4) is 0 Å². The molecule has 0 aliphatic rings. The molecule has 2 aromatic carbocycles. The summed E-state index contributed by atoms with van der Waals surface area (Å²) in [6.45, 7) is 2.01. The molecule has 2 amide bonds. The van der Waals surface area contributed by atoms with Crippen molar-refractivity contribution in [3.63, 3.8) is 0 Å². The van der Waals surface area contributed by atoms with E-state index in [4.69, 9.17) is 0 Å². The van der Waals surface area contributed by atoms with Crippen molar-refractivity contribution in [3.05, 3.63) is 71.5 Å². The molecule has 0 fully saturated rings. The molecule has 0 aliphatic carbocycles. The van der Waals surface area contributed by atoms with Gasteiger partial charge in [-0.2, -0.15) is 0 Å². The number of carbonyl (C=O) groups is 2. The SMILES string of the molecule is C[C@@H](NC(=O)C(=O)NCCc1ccccc1F)c1ccccc1. The van der Waals surface area contributed by atoms with Gasteiger partial charge in [0.05, 0.1) is 6.04 Å². The van der Waals surface area contributed by atoms with E-state index in [0.717, 1.165) is 5.56 Å². The van der Waals surface area contributed by atoms with E-state index in [9.17, 15) is 14.0 Å². The van der Waals surface area contributed by atoms with Crippen molar-refractivity contribution in [2.75, 3.05) is 6.54 Å². The Morgan fingerprint density at radius 3 is 2.35 bits per heavy atom. The first-order valence-electron chi connectivity index (χ1n) is 7.45. The lowest BCUT2D eigenvalue weighted by atomic mass is 10.1. The highest BCUT2D eigenvalue weighted by molar-refractivity contribution is 6.35. The molecule has 23 heavy (non-hydrogen) atoms. The van der Waals surface area contributed by atoms with Crippen LogP contribution >= 0.6 is 0 Å². The van der Waals surface area contributed by atoms with Gasteiger partial charge in [-0.25, -0.2) is 4.39 Å². The molecule has 120 valence electrons. The first-order chi connectivity index (χ1) is 11.1. The molecule has 2 N–H and O–H groups in total. The number of amides is 2. The number of benzene rings is 2. The largest absolute Gasteiger partial charge is 0.348 e. The Kier molecular flexibility index (Phi) is 5.86. The Morgan fingerprint density at radius 2 is 1.65 bits per heavy atom. The van der Waals surface area contributed by atoms with Crippen molar-refractivity contribution in [2.24, 2.45) is 0 Å². The molecule has 1 atom stereocenters. The number of nitrogens with one attached hydrogen (secondary N) is 2. The molecule has 0 spiro atoms. The van der Waals surface area contributed by atoms with Crippen LogP contribution in [0.25, 0.3) is 0 Å². The van der Waals surface area contributed by atoms with E-state index in [1.807, 2.05) is 30.3 Å². The maximum Gasteiger partial charge on any atom is 0.309 e. The van der Waals surface area contributed by atoms with E-state index in [2.05, 4.69) is 10.6 Å². The van der Waals surface area contributed by atoms with Crippen LogP contribution < -0.4 is 10.6 Å². The minimum atomic E-state index is -0.718. The predicted molar refractivity (Wildman–Crippen MR) is 86.1 cm³/mol. The number of rotatable bonds is 5. The number of hydrogen-bond acceptors (Lipinski definition) is 2. The predicted octanol–water partition coefficient (Wildman–Crippen LogP) is 2.36. The summed E-state index contributed by atoms with van der Waals surface area (Å²) in [4.78, 5) is 23.6. The zero-order chi connectivity index (χ0) is 16.7. The van der Waals surface area contributed by atoms with Gasteiger partial charge in [-0.05, 0) is 30.5 Å². The quantitative estimate of drug-likeness (QED) is 0.832. The van der Waals surface area contributed by atoms with Crippen LogP contribution in [-0.2, 0) is 16.0 Å². The van der Waals surface area contributed by atoms with Gasteiger partial charge in [0, 0.05) is 6.54 Å². The maximum absolute atomic E-state index is 13.4. The first-order valence-corrected chi connectivity index (χ1v) is 7.45. The summed E-state index contributed by atoms with van der Waals surface area (Å²) in [5, 5.41) is 5.13. The molecule has 2 aromatic rings. The first kappa shape index (κ1) is 16.7. The molecule has 0 radical (unpaired) electrons. The molecule has 5 heteroatoms. The normalized spacial score (nSPS) is 11.6. The van der Waals surface area contributed by atoms with Gasteiger partial charge < -0.3 is 10.6 Å². The van der Waals surface area contributed by atoms with Gasteiger partial charge in [0.25, 0.3) is 0 Å². The molecule has 0 bridgehead atoms. The smallest absolute Gasteiger partial charge is 0.309 e. The van der Waals surface area contributed by atoms with Gasteiger partial charge >= 0.3 is 11.8 Å². The molecule has 0 aliphatic heterocycles. The van der Waals surface area contributed by atoms with E-state index < -0.39 is 11.8 Å². The van der Waals surface area contributed by atoms with Gasteiger partial charge in [0.1, 0.15) is 5.82 Å². The van der Waals surface area contributed by atoms with E-state index in [0.29, 0.717) is 12.0 Å². The summed E-state index contributed by atoms with van der Waals surface area (Å²) in [6.07, 6.45) is 0.333. The monoisotopic (exact) mass is 314 g/mol. The van der Waals surface area contributed by atoms with E-state index in [-0.39, 0.29) is 18.4 Å². The second-order valence-electron chi connectivity index (χ2n) is 5.20. The Hall–Kier alpha value is -2.69. The van der Waals surface area contributed by atoms with Gasteiger partial charge in [0.15, 0.2) is 0 Å². The van der Waals surface area contributed by atoms with Gasteiger partial charge in [-0.3, -0.25) is 9.59 Å². The summed E-state index contributed by atoms with van der Waals surface area (Å²) in [7, 11) is 0. The van der Waals surface area contributed by atoms with Crippen molar-refractivity contribution in [2.45, 2.75) is 19.4 Å². The molecular formula is C18H19FN2O2. The minimum absolute atomic E-state index is 0.201. The average molecular weight is 314 g/mol. The van der Waals surface area contributed by atoms with Gasteiger partial charge in [-0.1, -0.05) is 48.5 Å². The second-order valence-corrected chi connectivity index (χ2v) is 5.20. The third-order valence-electron chi connectivity index (χ3n) is 3.49. The summed E-state index contributed by atoms with van der Waals surface area (Å²) in [6, 6.07) is 15.5. The fourth-order valence-electron chi connectivity index (χ4n) is 2.18. The standard InChI is InChI=1S/C18H19FN2O2/c1-13(14-7-3-2-4-8-14)21-18(23)17(22)20-12-11-15-9-5-6-10-16(15)19/h2-10,13H,11-12H2,1H3,(H,20,22)(H,21,23)/t13-/m1/s1. The molecule has 2 rings (SSSR count). The lowest BCUT2D eigenvalue weighted by molar-refractivity contribution is -0.139. The molecule has 4 nitrogen and oxygen atoms in total. The summed E-state index contributed by atoms with van der Waals surface area (Å²) < 4.78 is 13.4. The van der Waals surface area contributed by atoms with E-state index >= 15 is 0 Å². The summed E-state index contributed by atoms with van der Waals surface area (Å²) >= 11 is 0. The Morgan fingerprint density at radius 1 is 1.00 bits per heavy atom. The average Bonchev–Trinajstić information content (AvgIpc) is 2.57. The van der Waals surface area contributed by atoms with E-state index in [1.54, 1.807) is 25.1 Å². The van der Waals surface area contributed by atoms with Crippen LogP contribution in [0.15, 0.2) is 54.6 Å². The molecule has 0 saturated heterocycles. The van der Waals surface area contributed by atoms with Crippen LogP contribution in [0, 0.1) is 5.82 Å². The topological polar surface area (TPSA) is 58.2 Å². The lowest BCUT2D eigenvalue weighted by Crippen LogP contribution is -2.41. The number of halogens is 1. The molecular weight excluding hydrogens is 295 g/mol. The third kappa shape index (κ3) is 4.92. The van der Waals surface area contributed by atoms with Gasteiger partial charge in [-0.15, -0.1) is 0 Å². The van der Waals surface area contributed by atoms with Crippen molar-refractivity contribution < 1.29 is 14.0 Å². The Balaban J connectivity index is 1.79. The fourth-order valence-corrected chi connectivity index (χ4v) is 2.18. The molecule has 0 unspecified atom stereocenters. The summed E-state index contributed by atoms with van der Waals surface area (Å²) in [5.74, 6) is -1.73. The van der Waals surface area contributed by atoms with Crippen LogP contribution in [-0.4, -0.2) is 18.4 Å². The highest BCUT2D eigenvalue weighted by atomic mass is 19.1. The van der Waals surface area contributed by atoms with Gasteiger partial charge in [0.2, 0.25) is 0 Å². The second kappa shape index (κ2) is 8.08. The Bertz CT molecular complexity index is 674. The Labute approximate surface area is 134 Å². The van der Waals surface area contributed by atoms with Crippen LogP contribution in [0.2, 0.25) is 0 Å². The number of hydrogen-bond donors (Lipinski definition) is 2. The van der Waals surface area contributed by atoms with Crippen LogP contribution in [0.5, 0.6) is 0 Å².